The zero-order chi connectivity index (χ0) is 77.8. The zero-order valence-electron chi connectivity index (χ0n) is 63.8. The fourth-order valence-corrected chi connectivity index (χ4v) is 21.6. The maximum atomic E-state index is 6.53. The Hall–Kier alpha value is -16.0. The number of para-hydroxylation sites is 17. The van der Waals surface area contributed by atoms with E-state index in [0.29, 0.717) is 0 Å². The summed E-state index contributed by atoms with van der Waals surface area (Å²) in [5.41, 5.74) is 29.5. The van der Waals surface area contributed by atoms with Gasteiger partial charge in [-0.1, -0.05) is 218 Å². The van der Waals surface area contributed by atoms with E-state index < -0.39 is 0 Å². The molecule has 0 spiro atoms. The highest BCUT2D eigenvalue weighted by atomic mass is 32.1. The van der Waals surface area contributed by atoms with Crippen molar-refractivity contribution in [2.75, 3.05) is 14.7 Å². The highest BCUT2D eigenvalue weighted by Crippen LogP contribution is 2.58. The molecule has 12 heterocycles. The van der Waals surface area contributed by atoms with Crippen molar-refractivity contribution in [1.82, 2.24) is 13.7 Å². The van der Waals surface area contributed by atoms with Crippen LogP contribution in [-0.2, 0) is 0 Å². The molecule has 9 aromatic heterocycles. The first-order chi connectivity index (χ1) is 59.5. The van der Waals surface area contributed by atoms with Gasteiger partial charge in [0.05, 0.1) is 101 Å². The molecule has 11 nitrogen and oxygen atoms in total. The van der Waals surface area contributed by atoms with Gasteiger partial charge in [-0.15, -0.1) is 11.3 Å². The van der Waals surface area contributed by atoms with Crippen LogP contribution in [0.3, 0.4) is 0 Å². The van der Waals surface area contributed by atoms with E-state index in [-0.39, 0.29) is 0 Å². The molecule has 30 rings (SSSR count). The van der Waals surface area contributed by atoms with Crippen LogP contribution in [0.5, 0.6) is 0 Å². The maximum Gasteiger partial charge on any atom is 0.159 e. The average Bonchev–Trinajstić information content (AvgIpc) is 1.54. The van der Waals surface area contributed by atoms with E-state index in [9.17, 15) is 0 Å². The molecule has 3 aliphatic rings. The summed E-state index contributed by atoms with van der Waals surface area (Å²) in [7, 11) is 0. The van der Waals surface area contributed by atoms with Gasteiger partial charge >= 0.3 is 0 Å². The van der Waals surface area contributed by atoms with Gasteiger partial charge in [-0.25, -0.2) is 0 Å². The molecule has 18 aromatic carbocycles. The molecule has 0 fully saturated rings. The van der Waals surface area contributed by atoms with Crippen LogP contribution in [0, 0.1) is 0 Å². The second kappa shape index (κ2) is 23.8. The Bertz CT molecular complexity index is 8680. The predicted octanol–water partition coefficient (Wildman–Crippen LogP) is 31.6. The number of anilines is 9. The van der Waals surface area contributed by atoms with Gasteiger partial charge in [-0.3, -0.25) is 0 Å². The van der Waals surface area contributed by atoms with Crippen LogP contribution in [0.4, 0.5) is 51.2 Å². The molecule has 0 saturated carbocycles. The number of nitrogens with zero attached hydrogens (tertiary/aromatic N) is 6. The van der Waals surface area contributed by atoms with E-state index in [1.807, 2.05) is 65.9 Å². The summed E-state index contributed by atoms with van der Waals surface area (Å²) in [4.78, 5) is 7.11. The minimum Gasteiger partial charge on any atom is -0.456 e. The minimum atomic E-state index is 0.893. The van der Waals surface area contributed by atoms with Crippen LogP contribution in [0.15, 0.2) is 386 Å². The fraction of sp³-hybridized carbons (Fsp3) is 0. The van der Waals surface area contributed by atoms with E-state index in [2.05, 4.69) is 338 Å². The molecule has 120 heavy (non-hydrogen) atoms. The van der Waals surface area contributed by atoms with E-state index in [0.717, 1.165) is 178 Å². The first-order valence-electron chi connectivity index (χ1n) is 40.6. The van der Waals surface area contributed by atoms with Gasteiger partial charge in [0, 0.05) is 112 Å². The van der Waals surface area contributed by atoms with Gasteiger partial charge in [0.1, 0.15) is 39.1 Å². The highest BCUT2D eigenvalue weighted by Gasteiger charge is 2.36. The molecule has 12 heteroatoms. The number of thiophene rings is 1. The van der Waals surface area contributed by atoms with Crippen LogP contribution in [-0.4, -0.2) is 13.7 Å². The number of hydrogen-bond acceptors (Lipinski definition) is 9. The number of hydrogen-bond donors (Lipinski definition) is 0. The van der Waals surface area contributed by atoms with E-state index in [1.54, 1.807) is 0 Å². The van der Waals surface area contributed by atoms with Crippen LogP contribution in [0.1, 0.15) is 0 Å². The van der Waals surface area contributed by atoms with Crippen LogP contribution < -0.4 is 14.7 Å². The smallest absolute Gasteiger partial charge is 0.159 e. The van der Waals surface area contributed by atoms with Crippen LogP contribution in [0.25, 0.3) is 212 Å². The average molecular weight is 1550 g/mol. The van der Waals surface area contributed by atoms with Crippen molar-refractivity contribution in [3.63, 3.8) is 0 Å². The predicted molar refractivity (Wildman–Crippen MR) is 496 cm³/mol. The summed E-state index contributed by atoms with van der Waals surface area (Å²) in [6, 6.07) is 129. The Morgan fingerprint density at radius 1 is 0.158 bits per heavy atom. The molecule has 558 valence electrons. The molecule has 0 atom stereocenters. The topological polar surface area (TPSA) is 90.2 Å². The van der Waals surface area contributed by atoms with Crippen molar-refractivity contribution in [3.8, 4) is 17.1 Å². The van der Waals surface area contributed by atoms with Gasteiger partial charge in [0.15, 0.2) is 16.7 Å². The summed E-state index contributed by atoms with van der Waals surface area (Å²) in [6.45, 7) is 0. The Balaban J connectivity index is 0.0000000931. The third-order valence-corrected chi connectivity index (χ3v) is 26.6. The van der Waals surface area contributed by atoms with E-state index >= 15 is 0 Å². The summed E-state index contributed by atoms with van der Waals surface area (Å²) < 4.78 is 42.1. The number of furan rings is 5. The van der Waals surface area contributed by atoms with Crippen molar-refractivity contribution >= 4 is 258 Å². The lowest BCUT2D eigenvalue weighted by Crippen LogP contribution is -2.18. The van der Waals surface area contributed by atoms with Crippen LogP contribution in [0.2, 0.25) is 0 Å². The fourth-order valence-electron chi connectivity index (χ4n) is 20.5. The van der Waals surface area contributed by atoms with Gasteiger partial charge in [0.2, 0.25) is 0 Å². The quantitative estimate of drug-likeness (QED) is 0.173. The number of fused-ring (bicyclic) bond motifs is 33. The molecule has 3 aliphatic heterocycles. The van der Waals surface area contributed by atoms with Gasteiger partial charge in [-0.2, -0.15) is 0 Å². The van der Waals surface area contributed by atoms with Crippen molar-refractivity contribution in [2.24, 2.45) is 0 Å². The Morgan fingerprint density at radius 3 is 0.867 bits per heavy atom. The lowest BCUT2D eigenvalue weighted by molar-refractivity contribution is 0.668. The molecule has 0 radical (unpaired) electrons. The first kappa shape index (κ1) is 64.3. The second-order valence-electron chi connectivity index (χ2n) is 31.6. The summed E-state index contributed by atoms with van der Waals surface area (Å²) in [6.07, 6.45) is 0. The Labute approximate surface area is 684 Å². The first-order valence-corrected chi connectivity index (χ1v) is 41.4. The van der Waals surface area contributed by atoms with Gasteiger partial charge < -0.3 is 50.5 Å². The zero-order valence-corrected chi connectivity index (χ0v) is 64.6. The number of aromatic nitrogens is 3. The third-order valence-electron chi connectivity index (χ3n) is 25.5. The summed E-state index contributed by atoms with van der Waals surface area (Å²) in [5, 5.41) is 21.4. The van der Waals surface area contributed by atoms with E-state index in [4.69, 9.17) is 22.1 Å². The van der Waals surface area contributed by atoms with Gasteiger partial charge in [-0.05, 0) is 140 Å². The Morgan fingerprint density at radius 2 is 0.442 bits per heavy atom. The molecule has 0 unspecified atom stereocenters. The van der Waals surface area contributed by atoms with Crippen LogP contribution >= 0.6 is 11.3 Å². The SMILES string of the molecule is c1ccc2c(c1)N(c1cccc3c1oc1ccccc13)c1cccc3c4cc5c(cc4n-2c13)oc1ccccc15.c1ccc2c(c1)N(c1cccc3c1oc1ccccc13)c1cccc3c4cc5oc6ccccc6c5cc4n-2c13.c1ccc2c(c1)N(c1cccc3c1oc1ccccc13)c1cccc3c4cc5sc6ccccc6c5cc4n-2c13. The van der Waals surface area contributed by atoms with Crippen molar-refractivity contribution in [3.05, 3.63) is 364 Å². The van der Waals surface area contributed by atoms with Crippen molar-refractivity contribution in [2.45, 2.75) is 0 Å². The molecule has 0 saturated heterocycles. The molecular formula is C108H60N6O5S. The molecular weight excluding hydrogens is 1490 g/mol. The van der Waals surface area contributed by atoms with Crippen molar-refractivity contribution < 1.29 is 22.1 Å². The molecule has 0 N–H and O–H groups in total. The lowest BCUT2D eigenvalue weighted by atomic mass is 10.1. The molecule has 0 aliphatic carbocycles. The summed E-state index contributed by atoms with van der Waals surface area (Å²) in [5.74, 6) is 0. The van der Waals surface area contributed by atoms with Gasteiger partial charge in [0.25, 0.3) is 0 Å². The highest BCUT2D eigenvalue weighted by molar-refractivity contribution is 7.25. The largest absolute Gasteiger partial charge is 0.456 e. The molecule has 0 amide bonds. The standard InChI is InChI=1S/2C36H20N2O2.C36H20N2OS/c1-6-18-33-21(9-1)24-12-8-16-30(36(24)40-33)37-27-13-3-4-14-28(27)38-31-19-26-22-10-2-5-17-32(22)39-34(26)20-25(31)23-11-7-15-29(37)35(23)38;1-6-18-33-21(9-1)24-12-8-16-30(36(24)40-33)37-27-13-3-4-14-28(27)38-31-20-34-26(22-10-2-5-17-32(22)39-34)19-25(31)23-11-7-15-29(37)35(23)38;1-5-17-32-21(9-1)24-12-8-16-30(36(24)39-32)37-27-13-3-4-14-28(27)38-31-19-26-22-10-2-6-18-33(22)40-34(26)20-25(31)23-11-7-15-29(37)35(23)38/h3*1-20H. The lowest BCUT2D eigenvalue weighted by Gasteiger charge is -2.33. The second-order valence-corrected chi connectivity index (χ2v) is 32.7. The van der Waals surface area contributed by atoms with Crippen molar-refractivity contribution in [1.29, 1.82) is 0 Å². The maximum absolute atomic E-state index is 6.53. The summed E-state index contributed by atoms with van der Waals surface area (Å²) >= 11 is 1.88. The normalized spacial score (nSPS) is 12.9. The number of rotatable bonds is 3. The molecule has 27 aromatic rings. The minimum absolute atomic E-state index is 0.893. The monoisotopic (exact) mass is 1550 g/mol. The number of benzene rings is 18. The third kappa shape index (κ3) is 8.64. The van der Waals surface area contributed by atoms with E-state index in [1.165, 1.54) is 85.8 Å². The molecule has 0 bridgehead atoms. The Kier molecular flexibility index (Phi) is 12.8.